The minimum absolute atomic E-state index is 0.0644. The van der Waals surface area contributed by atoms with E-state index in [1.165, 1.54) is 16.7 Å². The van der Waals surface area contributed by atoms with Gasteiger partial charge in [-0.1, -0.05) is 54.6 Å². The molecular formula is C25H28N4O2. The minimum atomic E-state index is -0.365. The van der Waals surface area contributed by atoms with Crippen LogP contribution in [0, 0.1) is 0 Å². The molecule has 6 heteroatoms. The maximum absolute atomic E-state index is 12.7. The summed E-state index contributed by atoms with van der Waals surface area (Å²) in [6.45, 7) is 0.499. The second-order valence-electron chi connectivity index (χ2n) is 8.40. The number of carbonyl (C=O) groups excluding carboxylic acids is 2. The van der Waals surface area contributed by atoms with Crippen molar-refractivity contribution in [3.8, 4) is 11.1 Å². The fourth-order valence-corrected chi connectivity index (χ4v) is 4.27. The number of benzene rings is 2. The molecule has 1 fully saturated rings. The number of hydrogen-bond acceptors (Lipinski definition) is 3. The van der Waals surface area contributed by atoms with Crippen LogP contribution >= 0.6 is 0 Å². The van der Waals surface area contributed by atoms with Crippen LogP contribution < -0.4 is 5.32 Å². The van der Waals surface area contributed by atoms with Gasteiger partial charge in [-0.25, -0.2) is 0 Å². The summed E-state index contributed by atoms with van der Waals surface area (Å²) in [5.41, 5.74) is 4.06. The summed E-state index contributed by atoms with van der Waals surface area (Å²) in [6.07, 6.45) is 4.70. The fraction of sp³-hybridized carbons (Fsp3) is 0.320. The molecule has 0 spiro atoms. The lowest BCUT2D eigenvalue weighted by Gasteiger charge is -2.30. The third-order valence-electron chi connectivity index (χ3n) is 6.05. The zero-order valence-corrected chi connectivity index (χ0v) is 17.8. The first kappa shape index (κ1) is 20.8. The SMILES string of the molecule is CN(Cc1ccn[nH]1)C(=O)CCC1(Cc2ccc(-c3ccccc3)cc2)CCC(=O)N1. The largest absolute Gasteiger partial charge is 0.350 e. The molecule has 1 aromatic heterocycles. The molecule has 31 heavy (non-hydrogen) atoms. The Kier molecular flexibility index (Phi) is 6.16. The van der Waals surface area contributed by atoms with Crippen molar-refractivity contribution < 1.29 is 9.59 Å². The molecule has 0 bridgehead atoms. The van der Waals surface area contributed by atoms with Gasteiger partial charge in [-0.2, -0.15) is 5.10 Å². The maximum Gasteiger partial charge on any atom is 0.222 e. The molecule has 160 valence electrons. The second kappa shape index (κ2) is 9.16. The molecule has 3 aromatic rings. The van der Waals surface area contributed by atoms with Crippen molar-refractivity contribution in [2.45, 2.75) is 44.2 Å². The van der Waals surface area contributed by atoms with E-state index in [2.05, 4.69) is 51.9 Å². The van der Waals surface area contributed by atoms with Gasteiger partial charge in [0, 0.05) is 31.6 Å². The lowest BCUT2D eigenvalue weighted by molar-refractivity contribution is -0.131. The summed E-state index contributed by atoms with van der Waals surface area (Å²) in [4.78, 5) is 26.4. The summed E-state index contributed by atoms with van der Waals surface area (Å²) in [5, 5.41) is 9.98. The predicted molar refractivity (Wildman–Crippen MR) is 120 cm³/mol. The third kappa shape index (κ3) is 5.20. The van der Waals surface area contributed by atoms with Crippen molar-refractivity contribution in [1.29, 1.82) is 0 Å². The Balaban J connectivity index is 1.41. The molecule has 0 saturated carbocycles. The first-order chi connectivity index (χ1) is 15.0. The summed E-state index contributed by atoms with van der Waals surface area (Å²) in [6, 6.07) is 20.6. The van der Waals surface area contributed by atoms with Crippen LogP contribution in [0.25, 0.3) is 11.1 Å². The van der Waals surface area contributed by atoms with E-state index in [0.29, 0.717) is 25.8 Å². The van der Waals surface area contributed by atoms with Gasteiger partial charge in [-0.05, 0) is 42.0 Å². The van der Waals surface area contributed by atoms with Gasteiger partial charge in [0.2, 0.25) is 11.8 Å². The predicted octanol–water partition coefficient (Wildman–Crippen LogP) is 3.71. The first-order valence-electron chi connectivity index (χ1n) is 10.7. The number of aromatic amines is 1. The average molecular weight is 417 g/mol. The van der Waals surface area contributed by atoms with E-state index in [4.69, 9.17) is 0 Å². The number of rotatable bonds is 8. The number of amides is 2. The van der Waals surface area contributed by atoms with Gasteiger partial charge in [-0.15, -0.1) is 0 Å². The lowest BCUT2D eigenvalue weighted by atomic mass is 9.84. The second-order valence-corrected chi connectivity index (χ2v) is 8.40. The van der Waals surface area contributed by atoms with E-state index < -0.39 is 0 Å². The van der Waals surface area contributed by atoms with Crippen molar-refractivity contribution in [3.05, 3.63) is 78.1 Å². The highest BCUT2D eigenvalue weighted by Crippen LogP contribution is 2.30. The van der Waals surface area contributed by atoms with E-state index in [9.17, 15) is 9.59 Å². The first-order valence-corrected chi connectivity index (χ1v) is 10.7. The molecule has 2 amide bonds. The van der Waals surface area contributed by atoms with Crippen LogP contribution in [-0.4, -0.2) is 39.5 Å². The third-order valence-corrected chi connectivity index (χ3v) is 6.05. The topological polar surface area (TPSA) is 78.1 Å². The molecule has 1 aliphatic heterocycles. The molecule has 6 nitrogen and oxygen atoms in total. The molecule has 1 aliphatic rings. The molecule has 1 saturated heterocycles. The molecule has 2 N–H and O–H groups in total. The molecule has 1 atom stereocenters. The monoisotopic (exact) mass is 416 g/mol. The number of hydrogen-bond donors (Lipinski definition) is 2. The highest BCUT2D eigenvalue weighted by Gasteiger charge is 2.38. The molecule has 0 radical (unpaired) electrons. The molecule has 2 heterocycles. The van der Waals surface area contributed by atoms with Gasteiger partial charge >= 0.3 is 0 Å². The molecule has 0 aliphatic carbocycles. The minimum Gasteiger partial charge on any atom is -0.350 e. The number of carbonyl (C=O) groups is 2. The Labute approximate surface area is 182 Å². The number of nitrogens with zero attached hydrogens (tertiary/aromatic N) is 2. The van der Waals surface area contributed by atoms with Gasteiger partial charge in [0.25, 0.3) is 0 Å². The average Bonchev–Trinajstić information content (AvgIpc) is 3.43. The Morgan fingerprint density at radius 2 is 1.81 bits per heavy atom. The van der Waals surface area contributed by atoms with Crippen molar-refractivity contribution >= 4 is 11.8 Å². The van der Waals surface area contributed by atoms with E-state index in [1.54, 1.807) is 18.1 Å². The Hall–Kier alpha value is -3.41. The summed E-state index contributed by atoms with van der Waals surface area (Å²) in [7, 11) is 1.80. The normalized spacial score (nSPS) is 18.0. The highest BCUT2D eigenvalue weighted by molar-refractivity contribution is 5.80. The smallest absolute Gasteiger partial charge is 0.222 e. The van der Waals surface area contributed by atoms with Crippen LogP contribution in [-0.2, 0) is 22.6 Å². The number of aromatic nitrogens is 2. The van der Waals surface area contributed by atoms with Gasteiger partial charge in [0.1, 0.15) is 0 Å². The van der Waals surface area contributed by atoms with Gasteiger partial charge in [0.15, 0.2) is 0 Å². The van der Waals surface area contributed by atoms with Crippen molar-refractivity contribution in [2.75, 3.05) is 7.05 Å². The van der Waals surface area contributed by atoms with Gasteiger partial charge < -0.3 is 10.2 Å². The Morgan fingerprint density at radius 3 is 2.45 bits per heavy atom. The summed E-state index contributed by atoms with van der Waals surface area (Å²) in [5.74, 6) is 0.133. The number of H-pyrrole nitrogens is 1. The Bertz CT molecular complexity index is 1020. The zero-order chi connectivity index (χ0) is 21.7. The molecule has 4 rings (SSSR count). The maximum atomic E-state index is 12.7. The van der Waals surface area contributed by atoms with Gasteiger partial charge in [-0.3, -0.25) is 14.7 Å². The summed E-state index contributed by atoms with van der Waals surface area (Å²) >= 11 is 0. The fourth-order valence-electron chi connectivity index (χ4n) is 4.27. The zero-order valence-electron chi connectivity index (χ0n) is 17.8. The van der Waals surface area contributed by atoms with E-state index in [1.807, 2.05) is 24.3 Å². The van der Waals surface area contributed by atoms with E-state index in [0.717, 1.165) is 18.5 Å². The van der Waals surface area contributed by atoms with Crippen LogP contribution in [0.4, 0.5) is 0 Å². The number of nitrogens with one attached hydrogen (secondary N) is 2. The van der Waals surface area contributed by atoms with Crippen LogP contribution in [0.2, 0.25) is 0 Å². The van der Waals surface area contributed by atoms with Crippen molar-refractivity contribution in [2.24, 2.45) is 0 Å². The molecular weight excluding hydrogens is 388 g/mol. The van der Waals surface area contributed by atoms with Crippen molar-refractivity contribution in [3.63, 3.8) is 0 Å². The van der Waals surface area contributed by atoms with Gasteiger partial charge in [0.05, 0.1) is 12.2 Å². The van der Waals surface area contributed by atoms with Crippen LogP contribution in [0.1, 0.15) is 36.9 Å². The van der Waals surface area contributed by atoms with E-state index >= 15 is 0 Å². The standard InChI is InChI=1S/C25H28N4O2/c1-29(18-22-13-16-26-28-22)24(31)12-15-25(14-11-23(30)27-25)17-19-7-9-21(10-8-19)20-5-3-2-4-6-20/h2-10,13,16H,11-12,14-15,17-18H2,1H3,(H,26,28)(H,27,30). The Morgan fingerprint density at radius 1 is 1.06 bits per heavy atom. The van der Waals surface area contributed by atoms with Crippen LogP contribution in [0.3, 0.4) is 0 Å². The van der Waals surface area contributed by atoms with E-state index in [-0.39, 0.29) is 17.4 Å². The molecule has 1 unspecified atom stereocenters. The molecule has 2 aromatic carbocycles. The van der Waals surface area contributed by atoms with Crippen LogP contribution in [0.5, 0.6) is 0 Å². The highest BCUT2D eigenvalue weighted by atomic mass is 16.2. The lowest BCUT2D eigenvalue weighted by Crippen LogP contribution is -2.44. The summed E-state index contributed by atoms with van der Waals surface area (Å²) < 4.78 is 0. The van der Waals surface area contributed by atoms with Crippen LogP contribution in [0.15, 0.2) is 66.9 Å². The quantitative estimate of drug-likeness (QED) is 0.588. The van der Waals surface area contributed by atoms with Crippen molar-refractivity contribution in [1.82, 2.24) is 20.4 Å².